The zero-order valence-corrected chi connectivity index (χ0v) is 23.3. The number of hydrogen-bond acceptors (Lipinski definition) is 6. The summed E-state index contributed by atoms with van der Waals surface area (Å²) in [6, 6.07) is 6.80. The van der Waals surface area contributed by atoms with Crippen LogP contribution in [-0.4, -0.2) is 61.4 Å². The van der Waals surface area contributed by atoms with Crippen LogP contribution in [0.5, 0.6) is 0 Å². The molecule has 1 aromatic carbocycles. The van der Waals surface area contributed by atoms with E-state index in [0.717, 1.165) is 30.5 Å². The molecule has 0 fully saturated rings. The molecule has 1 aliphatic rings. The first kappa shape index (κ1) is 30.6. The fourth-order valence-electron chi connectivity index (χ4n) is 4.83. The van der Waals surface area contributed by atoms with E-state index in [9.17, 15) is 19.5 Å². The van der Waals surface area contributed by atoms with E-state index < -0.39 is 29.1 Å². The van der Waals surface area contributed by atoms with Crippen molar-refractivity contribution < 1.29 is 24.2 Å². The van der Waals surface area contributed by atoms with Crippen molar-refractivity contribution in [2.75, 3.05) is 25.1 Å². The largest absolute Gasteiger partial charge is 0.453 e. The fourth-order valence-corrected chi connectivity index (χ4v) is 4.83. The third kappa shape index (κ3) is 9.00. The number of carbonyl (C=O) groups excluding carboxylic acids is 3. The van der Waals surface area contributed by atoms with Crippen molar-refractivity contribution in [1.29, 1.82) is 0 Å². The highest BCUT2D eigenvalue weighted by Gasteiger charge is 2.34. The van der Waals surface area contributed by atoms with Crippen molar-refractivity contribution >= 4 is 23.6 Å². The van der Waals surface area contributed by atoms with Crippen molar-refractivity contribution in [2.24, 2.45) is 16.6 Å². The number of aliphatic hydroxyl groups excluding tert-OH is 1. The van der Waals surface area contributed by atoms with Crippen LogP contribution >= 0.6 is 0 Å². The first-order chi connectivity index (χ1) is 17.3. The van der Waals surface area contributed by atoms with Crippen molar-refractivity contribution in [1.82, 2.24) is 10.6 Å². The van der Waals surface area contributed by atoms with Crippen LogP contribution in [0.3, 0.4) is 0 Å². The molecule has 0 saturated heterocycles. The molecule has 1 unspecified atom stereocenters. The number of para-hydroxylation sites is 1. The molecule has 0 aromatic heterocycles. The molecule has 0 radical (unpaired) electrons. The number of amides is 3. The number of carbonyl (C=O) groups is 3. The van der Waals surface area contributed by atoms with E-state index in [1.165, 1.54) is 7.11 Å². The Morgan fingerprint density at radius 2 is 1.89 bits per heavy atom. The molecule has 0 saturated carbocycles. The molecule has 9 nitrogen and oxygen atoms in total. The molecule has 3 atom stereocenters. The lowest BCUT2D eigenvalue weighted by Crippen LogP contribution is -2.51. The minimum Gasteiger partial charge on any atom is -0.453 e. The van der Waals surface area contributed by atoms with Gasteiger partial charge in [0, 0.05) is 36.7 Å². The first-order valence-electron chi connectivity index (χ1n) is 13.2. The van der Waals surface area contributed by atoms with Gasteiger partial charge in [0.1, 0.15) is 0 Å². The van der Waals surface area contributed by atoms with Gasteiger partial charge in [-0.2, -0.15) is 0 Å². The number of alkyl carbamates (subject to hydrolysis) is 1. The van der Waals surface area contributed by atoms with Gasteiger partial charge in [-0.15, -0.1) is 0 Å². The average Bonchev–Trinajstić information content (AvgIpc) is 2.84. The summed E-state index contributed by atoms with van der Waals surface area (Å²) in [5.41, 5.74) is 7.13. The highest BCUT2D eigenvalue weighted by molar-refractivity contribution is 5.95. The summed E-state index contributed by atoms with van der Waals surface area (Å²) < 4.78 is 4.74. The number of nitrogens with zero attached hydrogens (tertiary/aromatic N) is 1. The molecular weight excluding hydrogens is 472 g/mol. The van der Waals surface area contributed by atoms with Gasteiger partial charge in [-0.05, 0) is 36.3 Å². The van der Waals surface area contributed by atoms with Gasteiger partial charge < -0.3 is 31.1 Å². The molecule has 1 aromatic rings. The molecule has 1 aliphatic heterocycles. The zero-order chi connectivity index (χ0) is 27.8. The molecule has 3 amide bonds. The number of nitrogens with one attached hydrogen (secondary N) is 2. The summed E-state index contributed by atoms with van der Waals surface area (Å²) in [4.78, 5) is 39.5. The Labute approximate surface area is 221 Å². The number of hydrogen-bond donors (Lipinski definition) is 4. The third-order valence-electron chi connectivity index (χ3n) is 7.11. The Balaban J connectivity index is 1.98. The minimum absolute atomic E-state index is 0.0694. The first-order valence-corrected chi connectivity index (χ1v) is 13.2. The van der Waals surface area contributed by atoms with Gasteiger partial charge in [0.2, 0.25) is 11.8 Å². The lowest BCUT2D eigenvalue weighted by molar-refractivity contribution is -0.130. The van der Waals surface area contributed by atoms with Crippen LogP contribution < -0.4 is 21.3 Å². The number of unbranched alkanes of at least 4 members (excludes halogenated alkanes) is 1. The Hall–Kier alpha value is -2.65. The summed E-state index contributed by atoms with van der Waals surface area (Å²) in [6.07, 6.45) is 2.52. The van der Waals surface area contributed by atoms with E-state index in [0.29, 0.717) is 19.4 Å². The van der Waals surface area contributed by atoms with Crippen LogP contribution in [0.2, 0.25) is 0 Å². The SMILES string of the molecule is CCCCC(C)(C)C(=O)NC[C@H](O)[C@@H](N)CC(C)(C)CC(=O)N1CC(NC(=O)OC)Cc2ccccc21. The lowest BCUT2D eigenvalue weighted by atomic mass is 9.80. The molecule has 2 rings (SSSR count). The maximum atomic E-state index is 13.5. The maximum Gasteiger partial charge on any atom is 0.407 e. The van der Waals surface area contributed by atoms with Crippen LogP contribution in [0.15, 0.2) is 24.3 Å². The highest BCUT2D eigenvalue weighted by Crippen LogP contribution is 2.33. The Morgan fingerprint density at radius 3 is 2.54 bits per heavy atom. The van der Waals surface area contributed by atoms with Gasteiger partial charge in [-0.1, -0.05) is 65.7 Å². The number of benzene rings is 1. The van der Waals surface area contributed by atoms with Gasteiger partial charge in [0.05, 0.1) is 19.3 Å². The number of nitrogens with two attached hydrogens (primary N) is 1. The predicted molar refractivity (Wildman–Crippen MR) is 145 cm³/mol. The summed E-state index contributed by atoms with van der Waals surface area (Å²) >= 11 is 0. The molecule has 0 spiro atoms. The van der Waals surface area contributed by atoms with E-state index in [4.69, 9.17) is 10.5 Å². The summed E-state index contributed by atoms with van der Waals surface area (Å²) in [6.45, 7) is 10.2. The average molecular weight is 519 g/mol. The van der Waals surface area contributed by atoms with Gasteiger partial charge in [0.25, 0.3) is 0 Å². The number of rotatable bonds is 12. The van der Waals surface area contributed by atoms with Crippen molar-refractivity contribution in [3.63, 3.8) is 0 Å². The van der Waals surface area contributed by atoms with E-state index in [-0.39, 0.29) is 30.8 Å². The normalized spacial score (nSPS) is 17.4. The van der Waals surface area contributed by atoms with E-state index >= 15 is 0 Å². The topological polar surface area (TPSA) is 134 Å². The van der Waals surface area contributed by atoms with Crippen LogP contribution in [-0.2, 0) is 20.7 Å². The van der Waals surface area contributed by atoms with Crippen molar-refractivity contribution in [3.8, 4) is 0 Å². The van der Waals surface area contributed by atoms with Crippen LogP contribution in [0, 0.1) is 10.8 Å². The molecule has 1 heterocycles. The van der Waals surface area contributed by atoms with Gasteiger partial charge in [0.15, 0.2) is 0 Å². The Morgan fingerprint density at radius 1 is 1.22 bits per heavy atom. The van der Waals surface area contributed by atoms with E-state index in [2.05, 4.69) is 17.6 Å². The molecule has 37 heavy (non-hydrogen) atoms. The summed E-state index contributed by atoms with van der Waals surface area (Å²) in [7, 11) is 1.31. The molecule has 0 aliphatic carbocycles. The number of anilines is 1. The molecular formula is C28H46N4O5. The minimum atomic E-state index is -0.926. The summed E-state index contributed by atoms with van der Waals surface area (Å²) in [5, 5.41) is 16.3. The number of fused-ring (bicyclic) bond motifs is 1. The molecule has 5 N–H and O–H groups in total. The standard InChI is InChI=1S/C28H46N4O5/c1-7-8-13-28(4,5)25(35)30-17-23(33)21(29)15-27(2,3)16-24(34)32-18-20(31-26(36)37-6)14-19-11-9-10-12-22(19)32/h9-12,20-21,23,33H,7-8,13-18,29H2,1-6H3,(H,30,35)(H,31,36)/t20?,21-,23-/m0/s1. The number of aliphatic hydroxyl groups is 1. The maximum absolute atomic E-state index is 13.5. The smallest absolute Gasteiger partial charge is 0.407 e. The third-order valence-corrected chi connectivity index (χ3v) is 7.11. The second-order valence-corrected chi connectivity index (χ2v) is 11.6. The molecule has 9 heteroatoms. The Bertz CT molecular complexity index is 933. The van der Waals surface area contributed by atoms with E-state index in [1.807, 2.05) is 52.0 Å². The number of methoxy groups -OCH3 is 1. The van der Waals surface area contributed by atoms with Gasteiger partial charge in [-0.3, -0.25) is 9.59 Å². The number of ether oxygens (including phenoxy) is 1. The zero-order valence-electron chi connectivity index (χ0n) is 23.3. The molecule has 208 valence electrons. The highest BCUT2D eigenvalue weighted by atomic mass is 16.5. The van der Waals surface area contributed by atoms with Gasteiger partial charge >= 0.3 is 6.09 Å². The van der Waals surface area contributed by atoms with E-state index in [1.54, 1.807) is 4.90 Å². The lowest BCUT2D eigenvalue weighted by Gasteiger charge is -2.37. The quantitative estimate of drug-likeness (QED) is 0.336. The van der Waals surface area contributed by atoms with Crippen LogP contribution in [0.4, 0.5) is 10.5 Å². The second-order valence-electron chi connectivity index (χ2n) is 11.6. The Kier molecular flexibility index (Phi) is 10.9. The predicted octanol–water partition coefficient (Wildman–Crippen LogP) is 3.13. The van der Waals surface area contributed by atoms with Crippen LogP contribution in [0.1, 0.15) is 72.3 Å². The summed E-state index contributed by atoms with van der Waals surface area (Å²) in [5.74, 6) is -0.179. The van der Waals surface area contributed by atoms with Crippen molar-refractivity contribution in [3.05, 3.63) is 29.8 Å². The fraction of sp³-hybridized carbons (Fsp3) is 0.679. The van der Waals surface area contributed by atoms with Gasteiger partial charge in [-0.25, -0.2) is 4.79 Å². The van der Waals surface area contributed by atoms with Crippen molar-refractivity contribution in [2.45, 2.75) is 91.3 Å². The monoisotopic (exact) mass is 518 g/mol. The second kappa shape index (κ2) is 13.2. The molecule has 0 bridgehead atoms. The van der Waals surface area contributed by atoms with Crippen LogP contribution in [0.25, 0.3) is 0 Å².